The van der Waals surface area contributed by atoms with Crippen molar-refractivity contribution in [2.45, 2.75) is 51.2 Å². The highest BCUT2D eigenvalue weighted by atomic mass is 16.5. The molecule has 2 atom stereocenters. The van der Waals surface area contributed by atoms with Crippen LogP contribution in [0.2, 0.25) is 0 Å². The summed E-state index contributed by atoms with van der Waals surface area (Å²) in [6.07, 6.45) is 6.62. The second kappa shape index (κ2) is 5.99. The lowest BCUT2D eigenvalue weighted by molar-refractivity contribution is 0.00509. The van der Waals surface area contributed by atoms with Crippen LogP contribution in [-0.2, 0) is 9.47 Å². The summed E-state index contributed by atoms with van der Waals surface area (Å²) in [4.78, 5) is 0. The van der Waals surface area contributed by atoms with E-state index in [0.717, 1.165) is 25.6 Å². The zero-order valence-corrected chi connectivity index (χ0v) is 10.4. The Labute approximate surface area is 98.7 Å². The smallest absolute Gasteiger partial charge is 0.0624 e. The van der Waals surface area contributed by atoms with Crippen LogP contribution in [0.3, 0.4) is 0 Å². The molecule has 2 aliphatic rings. The molecule has 0 aromatic rings. The fraction of sp³-hybridized carbons (Fsp3) is 1.00. The second-order valence-electron chi connectivity index (χ2n) is 5.50. The molecule has 1 heterocycles. The summed E-state index contributed by atoms with van der Waals surface area (Å²) in [6, 6.07) is 0.168. The van der Waals surface area contributed by atoms with E-state index in [4.69, 9.17) is 15.2 Å². The largest absolute Gasteiger partial charge is 0.381 e. The average Bonchev–Trinajstić information content (AvgIpc) is 2.81. The minimum atomic E-state index is 0.168. The number of hydrogen-bond donors (Lipinski definition) is 1. The predicted molar refractivity (Wildman–Crippen MR) is 64.3 cm³/mol. The molecule has 0 bridgehead atoms. The Balaban J connectivity index is 1.62. The van der Waals surface area contributed by atoms with Crippen LogP contribution in [-0.4, -0.2) is 32.0 Å². The van der Waals surface area contributed by atoms with E-state index in [1.807, 2.05) is 0 Å². The van der Waals surface area contributed by atoms with Gasteiger partial charge in [-0.3, -0.25) is 0 Å². The molecule has 2 N–H and O–H groups in total. The highest BCUT2D eigenvalue weighted by molar-refractivity contribution is 4.77. The number of ether oxygens (including phenoxy) is 2. The van der Waals surface area contributed by atoms with E-state index in [1.165, 1.54) is 25.7 Å². The van der Waals surface area contributed by atoms with Gasteiger partial charge in [0.15, 0.2) is 0 Å². The van der Waals surface area contributed by atoms with Gasteiger partial charge in [0, 0.05) is 18.6 Å². The van der Waals surface area contributed by atoms with Gasteiger partial charge in [0.05, 0.1) is 19.3 Å². The Morgan fingerprint density at radius 3 is 2.62 bits per heavy atom. The zero-order valence-electron chi connectivity index (χ0n) is 10.4. The van der Waals surface area contributed by atoms with Crippen molar-refractivity contribution in [2.75, 3.05) is 19.8 Å². The van der Waals surface area contributed by atoms with Crippen molar-refractivity contribution in [3.63, 3.8) is 0 Å². The molecule has 16 heavy (non-hydrogen) atoms. The van der Waals surface area contributed by atoms with E-state index in [2.05, 4.69) is 6.92 Å². The molecule has 2 rings (SSSR count). The molecular weight excluding hydrogens is 202 g/mol. The Bertz CT molecular complexity index is 196. The van der Waals surface area contributed by atoms with Gasteiger partial charge in [0.1, 0.15) is 0 Å². The highest BCUT2D eigenvalue weighted by Gasteiger charge is 2.25. The van der Waals surface area contributed by atoms with E-state index < -0.39 is 0 Å². The van der Waals surface area contributed by atoms with Crippen LogP contribution in [0.1, 0.15) is 39.0 Å². The van der Waals surface area contributed by atoms with E-state index in [9.17, 15) is 0 Å². The number of hydrogen-bond acceptors (Lipinski definition) is 3. The lowest BCUT2D eigenvalue weighted by Crippen LogP contribution is -2.37. The Hall–Kier alpha value is -0.120. The lowest BCUT2D eigenvalue weighted by Gasteiger charge is -2.28. The van der Waals surface area contributed by atoms with Gasteiger partial charge >= 0.3 is 0 Å². The third-order valence-corrected chi connectivity index (χ3v) is 4.06. The summed E-state index contributed by atoms with van der Waals surface area (Å²) in [7, 11) is 0. The molecule has 3 nitrogen and oxygen atoms in total. The summed E-state index contributed by atoms with van der Waals surface area (Å²) in [5, 5.41) is 0. The van der Waals surface area contributed by atoms with Gasteiger partial charge in [-0.1, -0.05) is 6.92 Å². The van der Waals surface area contributed by atoms with Crippen LogP contribution in [0.15, 0.2) is 0 Å². The molecule has 1 saturated carbocycles. The van der Waals surface area contributed by atoms with Crippen LogP contribution in [0, 0.1) is 11.8 Å². The van der Waals surface area contributed by atoms with Gasteiger partial charge in [0.25, 0.3) is 0 Å². The van der Waals surface area contributed by atoms with Crippen molar-refractivity contribution in [3.05, 3.63) is 0 Å². The fourth-order valence-electron chi connectivity index (χ4n) is 2.67. The first kappa shape index (κ1) is 12.3. The minimum Gasteiger partial charge on any atom is -0.381 e. The Kier molecular flexibility index (Phi) is 4.62. The maximum Gasteiger partial charge on any atom is 0.0624 e. The summed E-state index contributed by atoms with van der Waals surface area (Å²) >= 11 is 0. The summed E-state index contributed by atoms with van der Waals surface area (Å²) in [5.41, 5.74) is 6.12. The topological polar surface area (TPSA) is 44.5 Å². The third-order valence-electron chi connectivity index (χ3n) is 4.06. The van der Waals surface area contributed by atoms with Crippen LogP contribution in [0.5, 0.6) is 0 Å². The van der Waals surface area contributed by atoms with Crippen LogP contribution < -0.4 is 5.73 Å². The minimum absolute atomic E-state index is 0.168. The molecule has 1 aliphatic heterocycles. The molecule has 2 unspecified atom stereocenters. The molecule has 2 fully saturated rings. The van der Waals surface area contributed by atoms with Gasteiger partial charge in [-0.05, 0) is 38.0 Å². The van der Waals surface area contributed by atoms with Crippen molar-refractivity contribution in [2.24, 2.45) is 17.6 Å². The normalized spacial score (nSPS) is 37.5. The Morgan fingerprint density at radius 2 is 2.00 bits per heavy atom. The number of nitrogens with two attached hydrogens (primary N) is 1. The van der Waals surface area contributed by atoms with Crippen LogP contribution in [0.25, 0.3) is 0 Å². The number of rotatable bonds is 4. The Morgan fingerprint density at radius 1 is 1.25 bits per heavy atom. The lowest BCUT2D eigenvalue weighted by atomic mass is 9.89. The molecule has 1 aliphatic carbocycles. The monoisotopic (exact) mass is 227 g/mol. The van der Waals surface area contributed by atoms with Crippen molar-refractivity contribution >= 4 is 0 Å². The van der Waals surface area contributed by atoms with Crippen molar-refractivity contribution in [1.82, 2.24) is 0 Å². The third kappa shape index (κ3) is 3.44. The van der Waals surface area contributed by atoms with Gasteiger partial charge in [-0.2, -0.15) is 0 Å². The van der Waals surface area contributed by atoms with Crippen LogP contribution >= 0.6 is 0 Å². The van der Waals surface area contributed by atoms with E-state index in [1.54, 1.807) is 0 Å². The molecule has 0 aromatic heterocycles. The molecule has 1 saturated heterocycles. The zero-order chi connectivity index (χ0) is 11.4. The molecule has 0 spiro atoms. The first-order chi connectivity index (χ1) is 7.75. The molecule has 94 valence electrons. The highest BCUT2D eigenvalue weighted by Crippen LogP contribution is 2.26. The molecule has 0 amide bonds. The van der Waals surface area contributed by atoms with Crippen molar-refractivity contribution in [3.8, 4) is 0 Å². The summed E-state index contributed by atoms with van der Waals surface area (Å²) in [6.45, 7) is 4.75. The standard InChI is InChI=1S/C13H25NO2/c1-10-2-4-12(5-3-10)16-9-13(14)11-6-7-15-8-11/h10-13H,2-9,14H2,1H3. The van der Waals surface area contributed by atoms with Gasteiger partial charge < -0.3 is 15.2 Å². The average molecular weight is 227 g/mol. The first-order valence-electron chi connectivity index (χ1n) is 6.70. The molecule has 3 heteroatoms. The van der Waals surface area contributed by atoms with E-state index in [-0.39, 0.29) is 6.04 Å². The fourth-order valence-corrected chi connectivity index (χ4v) is 2.67. The van der Waals surface area contributed by atoms with Crippen LogP contribution in [0.4, 0.5) is 0 Å². The second-order valence-corrected chi connectivity index (χ2v) is 5.50. The van der Waals surface area contributed by atoms with E-state index in [0.29, 0.717) is 18.6 Å². The SMILES string of the molecule is CC1CCC(OCC(N)C2CCOC2)CC1. The molecule has 0 aromatic carbocycles. The van der Waals surface area contributed by atoms with Gasteiger partial charge in [-0.25, -0.2) is 0 Å². The van der Waals surface area contributed by atoms with Crippen molar-refractivity contribution in [1.29, 1.82) is 0 Å². The quantitative estimate of drug-likeness (QED) is 0.798. The first-order valence-corrected chi connectivity index (χ1v) is 6.70. The summed E-state index contributed by atoms with van der Waals surface area (Å²) in [5.74, 6) is 1.40. The maximum absolute atomic E-state index is 6.12. The molecular formula is C13H25NO2. The van der Waals surface area contributed by atoms with E-state index >= 15 is 0 Å². The van der Waals surface area contributed by atoms with Crippen molar-refractivity contribution < 1.29 is 9.47 Å². The van der Waals surface area contributed by atoms with Gasteiger partial charge in [0.2, 0.25) is 0 Å². The molecule has 0 radical (unpaired) electrons. The summed E-state index contributed by atoms with van der Waals surface area (Å²) < 4.78 is 11.3. The van der Waals surface area contributed by atoms with Gasteiger partial charge in [-0.15, -0.1) is 0 Å². The predicted octanol–water partition coefficient (Wildman–Crippen LogP) is 1.95. The maximum atomic E-state index is 6.12.